The van der Waals surface area contributed by atoms with E-state index in [1.807, 2.05) is 0 Å². The molecule has 13 heavy (non-hydrogen) atoms. The maximum absolute atomic E-state index is 3.76. The molecule has 0 saturated heterocycles. The van der Waals surface area contributed by atoms with Crippen LogP contribution >= 0.6 is 0 Å². The van der Waals surface area contributed by atoms with E-state index in [2.05, 4.69) is 5.32 Å². The third kappa shape index (κ3) is 1.63. The van der Waals surface area contributed by atoms with Crippen molar-refractivity contribution in [1.82, 2.24) is 5.32 Å². The van der Waals surface area contributed by atoms with E-state index in [0.29, 0.717) is 0 Å². The summed E-state index contributed by atoms with van der Waals surface area (Å²) in [5.41, 5.74) is 0.824. The van der Waals surface area contributed by atoms with Crippen LogP contribution in [0.3, 0.4) is 0 Å². The van der Waals surface area contributed by atoms with E-state index < -0.39 is 0 Å². The van der Waals surface area contributed by atoms with Crippen molar-refractivity contribution in [3.63, 3.8) is 0 Å². The molecule has 0 aliphatic heterocycles. The smallest absolute Gasteiger partial charge is 0.00802 e. The van der Waals surface area contributed by atoms with Gasteiger partial charge in [-0.25, -0.2) is 0 Å². The Morgan fingerprint density at radius 1 is 0.846 bits per heavy atom. The van der Waals surface area contributed by atoms with Gasteiger partial charge < -0.3 is 5.32 Å². The standard InChI is InChI=1S/C12H21N/c1-2-6-12(7-3-1)8-11(9-12)13-10-4-5-10/h10-11,13H,1-9H2. The first-order valence-corrected chi connectivity index (χ1v) is 6.12. The predicted molar refractivity (Wildman–Crippen MR) is 54.7 cm³/mol. The maximum Gasteiger partial charge on any atom is 0.00802 e. The lowest BCUT2D eigenvalue weighted by Gasteiger charge is -2.50. The molecule has 74 valence electrons. The molecule has 3 aliphatic carbocycles. The summed E-state index contributed by atoms with van der Waals surface area (Å²) in [6, 6.07) is 1.83. The Morgan fingerprint density at radius 3 is 2.15 bits per heavy atom. The van der Waals surface area contributed by atoms with Gasteiger partial charge in [-0.1, -0.05) is 19.3 Å². The average molecular weight is 179 g/mol. The molecular weight excluding hydrogens is 158 g/mol. The van der Waals surface area contributed by atoms with Gasteiger partial charge >= 0.3 is 0 Å². The predicted octanol–water partition coefficient (Wildman–Crippen LogP) is 2.85. The molecular formula is C12H21N. The molecule has 0 aromatic rings. The SMILES string of the molecule is C1CCC2(CC1)CC(NC1CC1)C2. The van der Waals surface area contributed by atoms with E-state index in [-0.39, 0.29) is 0 Å². The molecule has 0 unspecified atom stereocenters. The number of hydrogen-bond acceptors (Lipinski definition) is 1. The Hall–Kier alpha value is -0.0400. The van der Waals surface area contributed by atoms with Gasteiger partial charge in [0.15, 0.2) is 0 Å². The number of nitrogens with one attached hydrogen (secondary N) is 1. The van der Waals surface area contributed by atoms with Crippen molar-refractivity contribution in [2.24, 2.45) is 5.41 Å². The molecule has 0 bridgehead atoms. The molecule has 3 saturated carbocycles. The molecule has 0 radical (unpaired) electrons. The number of rotatable bonds is 2. The molecule has 1 nitrogen and oxygen atoms in total. The molecule has 3 fully saturated rings. The van der Waals surface area contributed by atoms with Gasteiger partial charge in [0, 0.05) is 12.1 Å². The van der Waals surface area contributed by atoms with Crippen LogP contribution in [-0.4, -0.2) is 12.1 Å². The third-order valence-electron chi connectivity index (χ3n) is 4.32. The first-order valence-electron chi connectivity index (χ1n) is 6.12. The maximum atomic E-state index is 3.76. The molecule has 0 heterocycles. The van der Waals surface area contributed by atoms with Gasteiger partial charge in [-0.15, -0.1) is 0 Å². The van der Waals surface area contributed by atoms with Crippen LogP contribution < -0.4 is 5.32 Å². The Balaban J connectivity index is 1.48. The molecule has 0 atom stereocenters. The van der Waals surface area contributed by atoms with Gasteiger partial charge in [0.2, 0.25) is 0 Å². The summed E-state index contributed by atoms with van der Waals surface area (Å²) >= 11 is 0. The van der Waals surface area contributed by atoms with Crippen molar-refractivity contribution >= 4 is 0 Å². The summed E-state index contributed by atoms with van der Waals surface area (Å²) in [4.78, 5) is 0. The summed E-state index contributed by atoms with van der Waals surface area (Å²) in [6.07, 6.45) is 13.5. The molecule has 3 aliphatic rings. The van der Waals surface area contributed by atoms with Crippen LogP contribution in [0.15, 0.2) is 0 Å². The molecule has 1 heteroatoms. The average Bonchev–Trinajstić information content (AvgIpc) is 2.87. The topological polar surface area (TPSA) is 12.0 Å². The van der Waals surface area contributed by atoms with Crippen molar-refractivity contribution in [2.75, 3.05) is 0 Å². The highest BCUT2D eigenvalue weighted by molar-refractivity contribution is 5.01. The van der Waals surface area contributed by atoms with Crippen LogP contribution in [0.5, 0.6) is 0 Å². The van der Waals surface area contributed by atoms with Gasteiger partial charge in [-0.05, 0) is 43.9 Å². The van der Waals surface area contributed by atoms with Crippen molar-refractivity contribution < 1.29 is 0 Å². The fraction of sp³-hybridized carbons (Fsp3) is 1.00. The highest BCUT2D eigenvalue weighted by atomic mass is 15.0. The Bertz CT molecular complexity index is 181. The van der Waals surface area contributed by atoms with Gasteiger partial charge in [0.25, 0.3) is 0 Å². The molecule has 0 aromatic carbocycles. The minimum Gasteiger partial charge on any atom is -0.311 e. The summed E-state index contributed by atoms with van der Waals surface area (Å²) in [7, 11) is 0. The van der Waals surface area contributed by atoms with Crippen LogP contribution in [0.4, 0.5) is 0 Å². The van der Waals surface area contributed by atoms with Crippen LogP contribution in [0.2, 0.25) is 0 Å². The molecule has 0 aromatic heterocycles. The van der Waals surface area contributed by atoms with E-state index in [1.54, 1.807) is 0 Å². The van der Waals surface area contributed by atoms with Crippen LogP contribution in [-0.2, 0) is 0 Å². The monoisotopic (exact) mass is 179 g/mol. The highest BCUT2D eigenvalue weighted by Crippen LogP contribution is 2.52. The second-order valence-electron chi connectivity index (χ2n) is 5.61. The zero-order valence-electron chi connectivity index (χ0n) is 8.52. The van der Waals surface area contributed by atoms with Crippen molar-refractivity contribution in [2.45, 2.75) is 69.9 Å². The first-order chi connectivity index (χ1) is 6.36. The van der Waals surface area contributed by atoms with Gasteiger partial charge in [-0.2, -0.15) is 0 Å². The zero-order valence-corrected chi connectivity index (χ0v) is 8.52. The van der Waals surface area contributed by atoms with E-state index >= 15 is 0 Å². The van der Waals surface area contributed by atoms with Gasteiger partial charge in [-0.3, -0.25) is 0 Å². The van der Waals surface area contributed by atoms with E-state index in [4.69, 9.17) is 0 Å². The first kappa shape index (κ1) is 8.28. The lowest BCUT2D eigenvalue weighted by atomic mass is 9.58. The van der Waals surface area contributed by atoms with Gasteiger partial charge in [0.05, 0.1) is 0 Å². The quantitative estimate of drug-likeness (QED) is 0.687. The summed E-state index contributed by atoms with van der Waals surface area (Å²) < 4.78 is 0. The normalized spacial score (nSPS) is 33.2. The van der Waals surface area contributed by atoms with Crippen LogP contribution in [0.1, 0.15) is 57.8 Å². The fourth-order valence-corrected chi connectivity index (χ4v) is 3.40. The van der Waals surface area contributed by atoms with Crippen molar-refractivity contribution in [1.29, 1.82) is 0 Å². The molecule has 1 N–H and O–H groups in total. The second kappa shape index (κ2) is 2.98. The fourth-order valence-electron chi connectivity index (χ4n) is 3.40. The Morgan fingerprint density at radius 2 is 1.54 bits per heavy atom. The molecule has 3 rings (SSSR count). The minimum atomic E-state index is 0.824. The highest BCUT2D eigenvalue weighted by Gasteiger charge is 2.45. The summed E-state index contributed by atoms with van der Waals surface area (Å²) in [5, 5.41) is 3.76. The zero-order chi connectivity index (χ0) is 8.73. The van der Waals surface area contributed by atoms with E-state index in [0.717, 1.165) is 17.5 Å². The van der Waals surface area contributed by atoms with Crippen molar-refractivity contribution in [3.8, 4) is 0 Å². The molecule has 0 amide bonds. The Labute approximate surface area is 81.3 Å². The van der Waals surface area contributed by atoms with E-state index in [1.165, 1.54) is 57.8 Å². The Kier molecular flexibility index (Phi) is 1.90. The lowest BCUT2D eigenvalue weighted by Crippen LogP contribution is -2.50. The largest absolute Gasteiger partial charge is 0.311 e. The van der Waals surface area contributed by atoms with Gasteiger partial charge in [0.1, 0.15) is 0 Å². The molecule has 1 spiro atoms. The van der Waals surface area contributed by atoms with Crippen molar-refractivity contribution in [3.05, 3.63) is 0 Å². The van der Waals surface area contributed by atoms with Crippen LogP contribution in [0, 0.1) is 5.41 Å². The minimum absolute atomic E-state index is 0.824. The third-order valence-corrected chi connectivity index (χ3v) is 4.32. The summed E-state index contributed by atoms with van der Waals surface area (Å²) in [6.45, 7) is 0. The van der Waals surface area contributed by atoms with Crippen LogP contribution in [0.25, 0.3) is 0 Å². The lowest BCUT2D eigenvalue weighted by molar-refractivity contribution is 0.0379. The second-order valence-corrected chi connectivity index (χ2v) is 5.61. The number of hydrogen-bond donors (Lipinski definition) is 1. The summed E-state index contributed by atoms with van der Waals surface area (Å²) in [5.74, 6) is 0. The van der Waals surface area contributed by atoms with E-state index in [9.17, 15) is 0 Å².